The number of hydrogen-bond donors (Lipinski definition) is 2. The van der Waals surface area contributed by atoms with Crippen molar-refractivity contribution in [3.63, 3.8) is 0 Å². The van der Waals surface area contributed by atoms with Crippen molar-refractivity contribution >= 4 is 11.8 Å². The lowest BCUT2D eigenvalue weighted by atomic mass is 9.94. The van der Waals surface area contributed by atoms with E-state index in [0.717, 1.165) is 16.8 Å². The maximum Gasteiger partial charge on any atom is 0.412 e. The minimum Gasteiger partial charge on any atom is -0.444 e. The van der Waals surface area contributed by atoms with E-state index in [1.807, 2.05) is 59.7 Å². The number of nitrogens with one attached hydrogen (secondary N) is 1. The highest BCUT2D eigenvalue weighted by atomic mass is 16.6. The molecule has 0 unspecified atom stereocenters. The van der Waals surface area contributed by atoms with Crippen molar-refractivity contribution in [3.05, 3.63) is 29.3 Å². The molecule has 4 nitrogen and oxygen atoms in total. The highest BCUT2D eigenvalue weighted by molar-refractivity contribution is 5.86. The molecule has 0 aliphatic rings. The Morgan fingerprint density at radius 1 is 1.21 bits per heavy atom. The van der Waals surface area contributed by atoms with E-state index in [9.17, 15) is 4.79 Å². The fourth-order valence-electron chi connectivity index (χ4n) is 1.57. The molecule has 4 heteroatoms. The molecular formula is C15H24N2O2. The molecular weight excluding hydrogens is 240 g/mol. The maximum atomic E-state index is 11.8. The summed E-state index contributed by atoms with van der Waals surface area (Å²) in [5.41, 5.74) is 7.77. The average molecular weight is 264 g/mol. The molecule has 0 aliphatic carbocycles. The largest absolute Gasteiger partial charge is 0.444 e. The molecule has 0 saturated carbocycles. The standard InChI is InChI=1S/C15H24N2O2/c1-10-7-8-11(15(5,6)16)9-12(10)17-13(18)19-14(2,3)4/h7-9H,16H2,1-6H3,(H,17,18). The van der Waals surface area contributed by atoms with Gasteiger partial charge in [0.15, 0.2) is 0 Å². The average Bonchev–Trinajstić information content (AvgIpc) is 2.16. The molecule has 1 aromatic rings. The molecule has 0 heterocycles. The van der Waals surface area contributed by atoms with Crippen LogP contribution >= 0.6 is 0 Å². The van der Waals surface area contributed by atoms with Crippen LogP contribution in [0, 0.1) is 6.92 Å². The van der Waals surface area contributed by atoms with Gasteiger partial charge in [-0.05, 0) is 58.7 Å². The number of benzene rings is 1. The summed E-state index contributed by atoms with van der Waals surface area (Å²) in [5, 5.41) is 2.76. The minimum atomic E-state index is -0.511. The smallest absolute Gasteiger partial charge is 0.412 e. The highest BCUT2D eigenvalue weighted by Crippen LogP contribution is 2.24. The Hall–Kier alpha value is -1.55. The molecule has 0 atom stereocenters. The molecule has 1 rings (SSSR count). The van der Waals surface area contributed by atoms with Crippen LogP contribution in [-0.4, -0.2) is 11.7 Å². The SMILES string of the molecule is Cc1ccc(C(C)(C)N)cc1NC(=O)OC(C)(C)C. The molecule has 106 valence electrons. The molecule has 0 aliphatic heterocycles. The van der Waals surface area contributed by atoms with Gasteiger partial charge >= 0.3 is 6.09 Å². The Balaban J connectivity index is 2.92. The number of ether oxygens (including phenoxy) is 1. The summed E-state index contributed by atoms with van der Waals surface area (Å²) in [6, 6.07) is 5.80. The first-order valence-corrected chi connectivity index (χ1v) is 6.39. The molecule has 0 bridgehead atoms. The third-order valence-electron chi connectivity index (χ3n) is 2.62. The number of rotatable bonds is 2. The van der Waals surface area contributed by atoms with E-state index in [-0.39, 0.29) is 0 Å². The summed E-state index contributed by atoms with van der Waals surface area (Å²) in [4.78, 5) is 11.8. The van der Waals surface area contributed by atoms with Crippen LogP contribution in [0.5, 0.6) is 0 Å². The van der Waals surface area contributed by atoms with Crippen molar-refractivity contribution < 1.29 is 9.53 Å². The molecule has 19 heavy (non-hydrogen) atoms. The third-order valence-corrected chi connectivity index (χ3v) is 2.62. The Morgan fingerprint density at radius 2 is 1.79 bits per heavy atom. The van der Waals surface area contributed by atoms with Crippen molar-refractivity contribution in [3.8, 4) is 0 Å². The Morgan fingerprint density at radius 3 is 2.26 bits per heavy atom. The van der Waals surface area contributed by atoms with Crippen LogP contribution in [0.25, 0.3) is 0 Å². The first-order valence-electron chi connectivity index (χ1n) is 6.39. The predicted molar refractivity (Wildman–Crippen MR) is 78.2 cm³/mol. The highest BCUT2D eigenvalue weighted by Gasteiger charge is 2.19. The Labute approximate surface area is 115 Å². The maximum absolute atomic E-state index is 11.8. The van der Waals surface area contributed by atoms with Crippen molar-refractivity contribution in [1.82, 2.24) is 0 Å². The van der Waals surface area contributed by atoms with Crippen LogP contribution < -0.4 is 11.1 Å². The van der Waals surface area contributed by atoms with E-state index in [2.05, 4.69) is 5.32 Å². The predicted octanol–water partition coefficient (Wildman–Crippen LogP) is 3.54. The van der Waals surface area contributed by atoms with E-state index in [1.165, 1.54) is 0 Å². The summed E-state index contributed by atoms with van der Waals surface area (Å²) in [5.74, 6) is 0. The van der Waals surface area contributed by atoms with Crippen molar-refractivity contribution in [2.75, 3.05) is 5.32 Å². The zero-order chi connectivity index (χ0) is 14.8. The first kappa shape index (κ1) is 15.5. The molecule has 0 spiro atoms. The third kappa shape index (κ3) is 4.91. The fraction of sp³-hybridized carbons (Fsp3) is 0.533. The molecule has 1 aromatic carbocycles. The van der Waals surface area contributed by atoms with E-state index >= 15 is 0 Å². The van der Waals surface area contributed by atoms with Gasteiger partial charge in [-0.1, -0.05) is 12.1 Å². The van der Waals surface area contributed by atoms with Gasteiger partial charge in [-0.3, -0.25) is 5.32 Å². The van der Waals surface area contributed by atoms with Crippen molar-refractivity contribution in [1.29, 1.82) is 0 Å². The van der Waals surface area contributed by atoms with Gasteiger partial charge in [0.25, 0.3) is 0 Å². The van der Waals surface area contributed by atoms with Gasteiger partial charge < -0.3 is 10.5 Å². The van der Waals surface area contributed by atoms with Crippen LogP contribution in [-0.2, 0) is 10.3 Å². The zero-order valence-corrected chi connectivity index (χ0v) is 12.6. The Bertz CT molecular complexity index is 468. The molecule has 0 fully saturated rings. The number of nitrogens with two attached hydrogens (primary N) is 1. The monoisotopic (exact) mass is 264 g/mol. The molecule has 0 saturated heterocycles. The molecule has 3 N–H and O–H groups in total. The summed E-state index contributed by atoms with van der Waals surface area (Å²) < 4.78 is 5.24. The number of hydrogen-bond acceptors (Lipinski definition) is 3. The molecule has 0 radical (unpaired) electrons. The summed E-state index contributed by atoms with van der Waals surface area (Å²) in [7, 11) is 0. The van der Waals surface area contributed by atoms with E-state index in [0.29, 0.717) is 0 Å². The van der Waals surface area contributed by atoms with Gasteiger partial charge in [0.05, 0.1) is 0 Å². The van der Waals surface area contributed by atoms with Gasteiger partial charge in [0.2, 0.25) is 0 Å². The van der Waals surface area contributed by atoms with Crippen LogP contribution in [0.2, 0.25) is 0 Å². The van der Waals surface area contributed by atoms with Gasteiger partial charge in [0.1, 0.15) is 5.60 Å². The fourth-order valence-corrected chi connectivity index (χ4v) is 1.57. The van der Waals surface area contributed by atoms with E-state index < -0.39 is 17.2 Å². The topological polar surface area (TPSA) is 64.3 Å². The lowest BCUT2D eigenvalue weighted by molar-refractivity contribution is 0.0636. The van der Waals surface area contributed by atoms with Crippen LogP contribution in [0.4, 0.5) is 10.5 Å². The van der Waals surface area contributed by atoms with Crippen LogP contribution in [0.1, 0.15) is 45.7 Å². The van der Waals surface area contributed by atoms with Gasteiger partial charge in [0, 0.05) is 11.2 Å². The second-order valence-corrected chi connectivity index (χ2v) is 6.38. The van der Waals surface area contributed by atoms with E-state index in [4.69, 9.17) is 10.5 Å². The molecule has 1 amide bonds. The summed E-state index contributed by atoms with van der Waals surface area (Å²) in [6.45, 7) is 11.3. The number of carbonyl (C=O) groups excluding carboxylic acids is 1. The minimum absolute atomic E-state index is 0.446. The second kappa shape index (κ2) is 5.21. The summed E-state index contributed by atoms with van der Waals surface area (Å²) in [6.07, 6.45) is -0.456. The number of aryl methyl sites for hydroxylation is 1. The quantitative estimate of drug-likeness (QED) is 0.858. The number of carbonyl (C=O) groups is 1. The lowest BCUT2D eigenvalue weighted by Crippen LogP contribution is -2.29. The lowest BCUT2D eigenvalue weighted by Gasteiger charge is -2.23. The first-order chi connectivity index (χ1) is 8.49. The van der Waals surface area contributed by atoms with Crippen LogP contribution in [0.15, 0.2) is 18.2 Å². The zero-order valence-electron chi connectivity index (χ0n) is 12.6. The number of amides is 1. The molecule has 0 aromatic heterocycles. The number of anilines is 1. The summed E-state index contributed by atoms with van der Waals surface area (Å²) >= 11 is 0. The Kier molecular flexibility index (Phi) is 4.25. The van der Waals surface area contributed by atoms with Gasteiger partial charge in [-0.15, -0.1) is 0 Å². The van der Waals surface area contributed by atoms with Crippen molar-refractivity contribution in [2.45, 2.75) is 52.7 Å². The van der Waals surface area contributed by atoms with Crippen molar-refractivity contribution in [2.24, 2.45) is 5.73 Å². The van der Waals surface area contributed by atoms with Crippen LogP contribution in [0.3, 0.4) is 0 Å². The van der Waals surface area contributed by atoms with Gasteiger partial charge in [-0.2, -0.15) is 0 Å². The van der Waals surface area contributed by atoms with Gasteiger partial charge in [-0.25, -0.2) is 4.79 Å². The van der Waals surface area contributed by atoms with E-state index in [1.54, 1.807) is 0 Å². The second-order valence-electron chi connectivity index (χ2n) is 6.38. The normalized spacial score (nSPS) is 12.2.